The van der Waals surface area contributed by atoms with Gasteiger partial charge in [0.05, 0.1) is 0 Å². The van der Waals surface area contributed by atoms with Crippen LogP contribution in [0.5, 0.6) is 0 Å². The van der Waals surface area contributed by atoms with Crippen LogP contribution >= 0.6 is 0 Å². The Morgan fingerprint density at radius 2 is 1.83 bits per heavy atom. The van der Waals surface area contributed by atoms with Crippen LogP contribution in [0, 0.1) is 0 Å². The molecule has 0 aromatic heterocycles. The third-order valence-corrected chi connectivity index (χ3v) is 2.54. The van der Waals surface area contributed by atoms with Crippen LogP contribution in [0.4, 0.5) is 0 Å². The van der Waals surface area contributed by atoms with Gasteiger partial charge < -0.3 is 25.4 Å². The average Bonchev–Trinajstić information content (AvgIpc) is 2.31. The predicted octanol–water partition coefficient (Wildman–Crippen LogP) is -3.27. The van der Waals surface area contributed by atoms with Crippen LogP contribution in [0.3, 0.4) is 0 Å². The summed E-state index contributed by atoms with van der Waals surface area (Å²) in [5, 5.41) is 18.5. The van der Waals surface area contributed by atoms with Gasteiger partial charge in [0.1, 0.15) is 0 Å². The van der Waals surface area contributed by atoms with E-state index >= 15 is 0 Å². The van der Waals surface area contributed by atoms with Gasteiger partial charge in [0.25, 0.3) is 11.6 Å². The van der Waals surface area contributed by atoms with Crippen molar-refractivity contribution in [3.8, 4) is 0 Å². The predicted molar refractivity (Wildman–Crippen MR) is 54.4 cm³/mol. The number of primary amides is 1. The Balaban J connectivity index is 3.17. The lowest BCUT2D eigenvalue weighted by Crippen LogP contribution is -2.67. The van der Waals surface area contributed by atoms with Crippen molar-refractivity contribution in [1.82, 2.24) is 0 Å². The van der Waals surface area contributed by atoms with Gasteiger partial charge in [-0.05, 0) is 6.42 Å². The minimum absolute atomic E-state index is 0.0152. The van der Waals surface area contributed by atoms with Gasteiger partial charge in [-0.15, -0.1) is 0 Å². The molecule has 0 aromatic rings. The maximum absolute atomic E-state index is 11.4. The normalized spacial score (nSPS) is 37.2. The van der Waals surface area contributed by atoms with Crippen LogP contribution in [0.15, 0.2) is 0 Å². The Morgan fingerprint density at radius 1 is 1.33 bits per heavy atom. The summed E-state index contributed by atoms with van der Waals surface area (Å²) in [7, 11) is 0. The summed E-state index contributed by atoms with van der Waals surface area (Å²) < 4.78 is 9.25. The summed E-state index contributed by atoms with van der Waals surface area (Å²) in [6, 6.07) is 0. The third-order valence-electron chi connectivity index (χ3n) is 2.54. The molecular formula is C9H14N2O7. The molecule has 1 aliphatic heterocycles. The molecule has 18 heavy (non-hydrogen) atoms. The first-order valence-corrected chi connectivity index (χ1v) is 5.12. The van der Waals surface area contributed by atoms with Crippen LogP contribution in [0.2, 0.25) is 0 Å². The topological polar surface area (TPSA) is 162 Å². The number of carbonyl (C=O) groups excluding carboxylic acids is 3. The van der Waals surface area contributed by atoms with E-state index in [-0.39, 0.29) is 6.42 Å². The zero-order chi connectivity index (χ0) is 14.1. The maximum Gasteiger partial charge on any atom is 0.340 e. The smallest absolute Gasteiger partial charge is 0.340 e. The monoisotopic (exact) mass is 262 g/mol. The van der Waals surface area contributed by atoms with Gasteiger partial charge >= 0.3 is 11.9 Å². The molecule has 0 aliphatic carbocycles. The molecule has 4 atom stereocenters. The largest absolute Gasteiger partial charge is 0.454 e. The van der Waals surface area contributed by atoms with E-state index in [9.17, 15) is 24.6 Å². The van der Waals surface area contributed by atoms with Gasteiger partial charge in [0.2, 0.25) is 0 Å². The molecule has 1 aliphatic rings. The summed E-state index contributed by atoms with van der Waals surface area (Å²) in [6.07, 6.45) is -5.64. The van der Waals surface area contributed by atoms with Crippen LogP contribution in [-0.2, 0) is 23.9 Å². The third kappa shape index (κ3) is 2.28. The van der Waals surface area contributed by atoms with E-state index in [2.05, 4.69) is 4.74 Å². The molecule has 4 unspecified atom stereocenters. The summed E-state index contributed by atoms with van der Waals surface area (Å²) >= 11 is 0. The highest BCUT2D eigenvalue weighted by Gasteiger charge is 2.51. The number of amides is 1. The summed E-state index contributed by atoms with van der Waals surface area (Å²) in [4.78, 5) is 34.0. The van der Waals surface area contributed by atoms with Crippen molar-refractivity contribution in [3.63, 3.8) is 0 Å². The Labute approximate surface area is 102 Å². The SMILES string of the molecule is CCC1OC(=O)C(O)C(O)C(=O)OC1(N)C(N)=O. The number of ether oxygens (including phenoxy) is 2. The number of cyclic esters (lactones) is 2. The fraction of sp³-hybridized carbons (Fsp3) is 0.667. The molecule has 9 heteroatoms. The number of aliphatic hydroxyl groups is 2. The fourth-order valence-corrected chi connectivity index (χ4v) is 1.44. The molecule has 0 spiro atoms. The lowest BCUT2D eigenvalue weighted by atomic mass is 10.0. The molecule has 0 aromatic carbocycles. The summed E-state index contributed by atoms with van der Waals surface area (Å²) in [6.45, 7) is 1.50. The molecule has 1 heterocycles. The average molecular weight is 262 g/mol. The zero-order valence-corrected chi connectivity index (χ0v) is 9.53. The maximum atomic E-state index is 11.4. The highest BCUT2D eigenvalue weighted by molar-refractivity contribution is 5.91. The Kier molecular flexibility index (Phi) is 3.89. The zero-order valence-electron chi connectivity index (χ0n) is 9.53. The van der Waals surface area contributed by atoms with Crippen LogP contribution in [0.1, 0.15) is 13.3 Å². The van der Waals surface area contributed by atoms with Gasteiger partial charge in [-0.2, -0.15) is 0 Å². The minimum Gasteiger partial charge on any atom is -0.454 e. The van der Waals surface area contributed by atoms with Crippen molar-refractivity contribution >= 4 is 17.8 Å². The number of nitrogens with two attached hydrogens (primary N) is 2. The lowest BCUT2D eigenvalue weighted by molar-refractivity contribution is -0.214. The summed E-state index contributed by atoms with van der Waals surface area (Å²) in [5.74, 6) is -3.96. The van der Waals surface area contributed by atoms with E-state index in [1.165, 1.54) is 6.92 Å². The molecule has 0 radical (unpaired) electrons. The molecule has 102 valence electrons. The van der Waals surface area contributed by atoms with E-state index < -0.39 is 41.9 Å². The second-order valence-corrected chi connectivity index (χ2v) is 3.80. The van der Waals surface area contributed by atoms with Crippen LogP contribution in [0.25, 0.3) is 0 Å². The Bertz CT molecular complexity index is 385. The van der Waals surface area contributed by atoms with E-state index in [0.717, 1.165) is 0 Å². The van der Waals surface area contributed by atoms with Crippen molar-refractivity contribution in [3.05, 3.63) is 0 Å². The van der Waals surface area contributed by atoms with E-state index in [1.807, 2.05) is 0 Å². The van der Waals surface area contributed by atoms with E-state index in [1.54, 1.807) is 0 Å². The first-order chi connectivity index (χ1) is 8.24. The van der Waals surface area contributed by atoms with Gasteiger partial charge in [-0.1, -0.05) is 6.92 Å². The van der Waals surface area contributed by atoms with Gasteiger partial charge in [0.15, 0.2) is 18.3 Å². The second-order valence-electron chi connectivity index (χ2n) is 3.80. The molecule has 1 rings (SSSR count). The number of esters is 2. The number of hydrogen-bond acceptors (Lipinski definition) is 8. The van der Waals surface area contributed by atoms with Crippen LogP contribution < -0.4 is 11.5 Å². The Morgan fingerprint density at radius 3 is 2.28 bits per heavy atom. The van der Waals surface area contributed by atoms with E-state index in [4.69, 9.17) is 16.2 Å². The quantitative estimate of drug-likeness (QED) is 0.376. The second kappa shape index (κ2) is 4.88. The molecule has 1 fully saturated rings. The van der Waals surface area contributed by atoms with E-state index in [0.29, 0.717) is 0 Å². The molecule has 0 bridgehead atoms. The fourth-order valence-electron chi connectivity index (χ4n) is 1.44. The standard InChI is InChI=1S/C9H14N2O7/c1-2-3-9(11,8(10)16)18-7(15)5(13)4(12)6(14)17-3/h3-5,12-13H,2,11H2,1H3,(H2,10,16). The van der Waals surface area contributed by atoms with Crippen LogP contribution in [-0.4, -0.2) is 52.1 Å². The van der Waals surface area contributed by atoms with Gasteiger partial charge in [0, 0.05) is 0 Å². The summed E-state index contributed by atoms with van der Waals surface area (Å²) in [5.41, 5.74) is 8.11. The number of hydrogen-bond donors (Lipinski definition) is 4. The number of rotatable bonds is 2. The first kappa shape index (κ1) is 14.4. The highest BCUT2D eigenvalue weighted by Crippen LogP contribution is 2.21. The molecule has 1 saturated heterocycles. The first-order valence-electron chi connectivity index (χ1n) is 5.12. The van der Waals surface area contributed by atoms with Crippen molar-refractivity contribution < 1.29 is 34.1 Å². The number of carbonyl (C=O) groups is 3. The molecule has 0 saturated carbocycles. The van der Waals surface area contributed by atoms with Crippen molar-refractivity contribution in [1.29, 1.82) is 0 Å². The molecule has 1 amide bonds. The van der Waals surface area contributed by atoms with Crippen molar-refractivity contribution in [2.75, 3.05) is 0 Å². The molecular weight excluding hydrogens is 248 g/mol. The Hall–Kier alpha value is -1.71. The minimum atomic E-state index is -2.39. The lowest BCUT2D eigenvalue weighted by Gasteiger charge is -2.36. The van der Waals surface area contributed by atoms with Crippen molar-refractivity contribution in [2.24, 2.45) is 11.5 Å². The molecule has 6 N–H and O–H groups in total. The molecule has 9 nitrogen and oxygen atoms in total. The van der Waals surface area contributed by atoms with Crippen molar-refractivity contribution in [2.45, 2.75) is 37.4 Å². The van der Waals surface area contributed by atoms with Gasteiger partial charge in [-0.25, -0.2) is 9.59 Å². The highest BCUT2D eigenvalue weighted by atomic mass is 16.6. The van der Waals surface area contributed by atoms with Gasteiger partial charge in [-0.3, -0.25) is 10.5 Å². The number of aliphatic hydroxyl groups excluding tert-OH is 2.